The Bertz CT molecular complexity index is 302. The Morgan fingerprint density at radius 1 is 1.36 bits per heavy atom. The highest BCUT2D eigenvalue weighted by molar-refractivity contribution is 5.32. The molecular formula is C13H21N. The van der Waals surface area contributed by atoms with E-state index in [9.17, 15) is 0 Å². The van der Waals surface area contributed by atoms with Crippen molar-refractivity contribution >= 4 is 0 Å². The molecule has 0 aliphatic carbocycles. The SMILES string of the molecule is CCC(C)C(C)(N)c1ccccc1C. The summed E-state index contributed by atoms with van der Waals surface area (Å²) in [5.41, 5.74) is 8.75. The number of nitrogens with two attached hydrogens (primary N) is 1. The molecule has 0 saturated heterocycles. The van der Waals surface area contributed by atoms with Crippen molar-refractivity contribution in [3.05, 3.63) is 35.4 Å². The van der Waals surface area contributed by atoms with Gasteiger partial charge in [0.15, 0.2) is 0 Å². The fourth-order valence-corrected chi connectivity index (χ4v) is 1.87. The molecule has 1 rings (SSSR count). The zero-order valence-electron chi connectivity index (χ0n) is 9.67. The minimum atomic E-state index is -0.208. The second-order valence-corrected chi connectivity index (χ2v) is 4.41. The molecule has 1 nitrogen and oxygen atoms in total. The molecule has 0 aromatic heterocycles. The van der Waals surface area contributed by atoms with Crippen LogP contribution in [0.15, 0.2) is 24.3 Å². The van der Waals surface area contributed by atoms with Crippen LogP contribution in [0.2, 0.25) is 0 Å². The van der Waals surface area contributed by atoms with E-state index < -0.39 is 0 Å². The zero-order chi connectivity index (χ0) is 10.8. The third kappa shape index (κ3) is 1.98. The van der Waals surface area contributed by atoms with E-state index in [2.05, 4.69) is 52.0 Å². The molecule has 2 N–H and O–H groups in total. The molecule has 0 aliphatic rings. The van der Waals surface area contributed by atoms with Gasteiger partial charge in [0.2, 0.25) is 0 Å². The van der Waals surface area contributed by atoms with E-state index in [1.807, 2.05) is 0 Å². The molecular weight excluding hydrogens is 170 g/mol. The monoisotopic (exact) mass is 191 g/mol. The van der Waals surface area contributed by atoms with Crippen molar-refractivity contribution in [2.75, 3.05) is 0 Å². The van der Waals surface area contributed by atoms with E-state index in [1.54, 1.807) is 0 Å². The standard InChI is InChI=1S/C13H21N/c1-5-11(3)13(4,14)12-9-7-6-8-10(12)2/h6-9,11H,5,14H2,1-4H3. The van der Waals surface area contributed by atoms with Crippen LogP contribution >= 0.6 is 0 Å². The van der Waals surface area contributed by atoms with E-state index in [4.69, 9.17) is 5.73 Å². The summed E-state index contributed by atoms with van der Waals surface area (Å²) in [5, 5.41) is 0. The van der Waals surface area contributed by atoms with Crippen molar-refractivity contribution in [3.63, 3.8) is 0 Å². The lowest BCUT2D eigenvalue weighted by Gasteiger charge is -2.33. The van der Waals surface area contributed by atoms with Crippen LogP contribution in [0.25, 0.3) is 0 Å². The Kier molecular flexibility index (Phi) is 3.33. The maximum Gasteiger partial charge on any atom is 0.0409 e. The van der Waals surface area contributed by atoms with Crippen LogP contribution in [0.5, 0.6) is 0 Å². The molecule has 14 heavy (non-hydrogen) atoms. The second-order valence-electron chi connectivity index (χ2n) is 4.41. The van der Waals surface area contributed by atoms with Crippen LogP contribution < -0.4 is 5.73 Å². The maximum absolute atomic E-state index is 6.39. The van der Waals surface area contributed by atoms with Gasteiger partial charge in [0.05, 0.1) is 0 Å². The molecule has 2 unspecified atom stereocenters. The quantitative estimate of drug-likeness (QED) is 0.780. The van der Waals surface area contributed by atoms with Gasteiger partial charge in [-0.25, -0.2) is 0 Å². The molecule has 1 aromatic rings. The van der Waals surface area contributed by atoms with Crippen LogP contribution in [0.4, 0.5) is 0 Å². The molecule has 78 valence electrons. The first-order valence-electron chi connectivity index (χ1n) is 5.35. The minimum absolute atomic E-state index is 0.208. The Labute approximate surface area is 87.3 Å². The number of aryl methyl sites for hydroxylation is 1. The normalized spacial score (nSPS) is 17.5. The van der Waals surface area contributed by atoms with Gasteiger partial charge < -0.3 is 5.73 Å². The van der Waals surface area contributed by atoms with Crippen LogP contribution in [0.3, 0.4) is 0 Å². The summed E-state index contributed by atoms with van der Waals surface area (Å²) in [7, 11) is 0. The van der Waals surface area contributed by atoms with Gasteiger partial charge in [-0.1, -0.05) is 44.5 Å². The van der Waals surface area contributed by atoms with Crippen LogP contribution in [-0.4, -0.2) is 0 Å². The minimum Gasteiger partial charge on any atom is -0.321 e. The fraction of sp³-hybridized carbons (Fsp3) is 0.538. The smallest absolute Gasteiger partial charge is 0.0409 e. The van der Waals surface area contributed by atoms with Crippen LogP contribution in [0, 0.1) is 12.8 Å². The van der Waals surface area contributed by atoms with E-state index in [1.165, 1.54) is 11.1 Å². The number of hydrogen-bond acceptors (Lipinski definition) is 1. The van der Waals surface area contributed by atoms with Gasteiger partial charge in [-0.15, -0.1) is 0 Å². The molecule has 2 atom stereocenters. The van der Waals surface area contributed by atoms with Crippen molar-refractivity contribution in [3.8, 4) is 0 Å². The molecule has 1 heteroatoms. The third-order valence-electron chi connectivity index (χ3n) is 3.36. The first kappa shape index (κ1) is 11.3. The van der Waals surface area contributed by atoms with Gasteiger partial charge in [-0.2, -0.15) is 0 Å². The van der Waals surface area contributed by atoms with Gasteiger partial charge in [0.1, 0.15) is 0 Å². The lowest BCUT2D eigenvalue weighted by atomic mass is 9.78. The zero-order valence-corrected chi connectivity index (χ0v) is 9.67. The Morgan fingerprint density at radius 2 is 1.93 bits per heavy atom. The highest BCUT2D eigenvalue weighted by Gasteiger charge is 2.28. The molecule has 0 fully saturated rings. The van der Waals surface area contributed by atoms with Crippen molar-refractivity contribution in [1.82, 2.24) is 0 Å². The lowest BCUT2D eigenvalue weighted by molar-refractivity contribution is 0.315. The molecule has 0 saturated carbocycles. The molecule has 1 aromatic carbocycles. The summed E-state index contributed by atoms with van der Waals surface area (Å²) >= 11 is 0. The van der Waals surface area contributed by atoms with E-state index in [0.717, 1.165) is 6.42 Å². The first-order valence-corrected chi connectivity index (χ1v) is 5.35. The second kappa shape index (κ2) is 4.14. The van der Waals surface area contributed by atoms with Crippen LogP contribution in [0.1, 0.15) is 38.3 Å². The summed E-state index contributed by atoms with van der Waals surface area (Å²) in [4.78, 5) is 0. The Balaban J connectivity index is 3.09. The first-order chi connectivity index (χ1) is 6.50. The molecule has 0 radical (unpaired) electrons. The summed E-state index contributed by atoms with van der Waals surface area (Å²) in [6.45, 7) is 8.66. The summed E-state index contributed by atoms with van der Waals surface area (Å²) in [6, 6.07) is 8.39. The van der Waals surface area contributed by atoms with Gasteiger partial charge >= 0.3 is 0 Å². The largest absolute Gasteiger partial charge is 0.321 e. The Morgan fingerprint density at radius 3 is 2.43 bits per heavy atom. The van der Waals surface area contributed by atoms with Gasteiger partial charge in [0, 0.05) is 5.54 Å². The van der Waals surface area contributed by atoms with E-state index in [-0.39, 0.29) is 5.54 Å². The van der Waals surface area contributed by atoms with Crippen molar-refractivity contribution in [2.45, 2.75) is 39.7 Å². The summed E-state index contributed by atoms with van der Waals surface area (Å²) in [5.74, 6) is 0.503. The van der Waals surface area contributed by atoms with Crippen molar-refractivity contribution < 1.29 is 0 Å². The average molecular weight is 191 g/mol. The molecule has 0 heterocycles. The van der Waals surface area contributed by atoms with Crippen molar-refractivity contribution in [2.24, 2.45) is 11.7 Å². The predicted octanol–water partition coefficient (Wildman–Crippen LogP) is 3.22. The van der Waals surface area contributed by atoms with Crippen molar-refractivity contribution in [1.29, 1.82) is 0 Å². The highest BCUT2D eigenvalue weighted by Crippen LogP contribution is 2.30. The molecule has 0 bridgehead atoms. The van der Waals surface area contributed by atoms with Gasteiger partial charge in [-0.3, -0.25) is 0 Å². The number of rotatable bonds is 3. The fourth-order valence-electron chi connectivity index (χ4n) is 1.87. The lowest BCUT2D eigenvalue weighted by Crippen LogP contribution is -2.40. The predicted molar refractivity (Wildman–Crippen MR) is 62.2 cm³/mol. The number of hydrogen-bond donors (Lipinski definition) is 1. The van der Waals surface area contributed by atoms with Crippen LogP contribution in [-0.2, 0) is 5.54 Å². The topological polar surface area (TPSA) is 26.0 Å². The summed E-state index contributed by atoms with van der Waals surface area (Å²) < 4.78 is 0. The third-order valence-corrected chi connectivity index (χ3v) is 3.36. The Hall–Kier alpha value is -0.820. The van der Waals surface area contributed by atoms with E-state index >= 15 is 0 Å². The maximum atomic E-state index is 6.39. The highest BCUT2D eigenvalue weighted by atomic mass is 14.7. The van der Waals surface area contributed by atoms with Gasteiger partial charge in [-0.05, 0) is 30.9 Å². The van der Waals surface area contributed by atoms with Gasteiger partial charge in [0.25, 0.3) is 0 Å². The molecule has 0 amide bonds. The average Bonchev–Trinajstić information content (AvgIpc) is 2.17. The molecule has 0 aliphatic heterocycles. The van der Waals surface area contributed by atoms with E-state index in [0.29, 0.717) is 5.92 Å². The molecule has 0 spiro atoms. The number of benzene rings is 1. The summed E-state index contributed by atoms with van der Waals surface area (Å²) in [6.07, 6.45) is 1.11.